The molecular weight excluding hydrogens is 256 g/mol. The van der Waals surface area contributed by atoms with Crippen molar-refractivity contribution in [1.29, 1.82) is 0 Å². The maximum Gasteiger partial charge on any atom is 0.319 e. The Morgan fingerprint density at radius 3 is 2.80 bits per heavy atom. The summed E-state index contributed by atoms with van der Waals surface area (Å²) in [5.74, 6) is 0.750. The number of anilines is 1. The van der Waals surface area contributed by atoms with Crippen LogP contribution in [-0.2, 0) is 6.42 Å². The van der Waals surface area contributed by atoms with Gasteiger partial charge in [-0.25, -0.2) is 14.8 Å². The number of carbonyl (C=O) groups excluding carboxylic acids is 1. The molecule has 1 aliphatic rings. The molecule has 0 aromatic carbocycles. The molecule has 2 unspecified atom stereocenters. The first-order chi connectivity index (χ1) is 9.57. The van der Waals surface area contributed by atoms with Gasteiger partial charge in [0, 0.05) is 17.9 Å². The molecule has 1 aliphatic carbocycles. The fourth-order valence-corrected chi connectivity index (χ4v) is 2.60. The lowest BCUT2D eigenvalue weighted by molar-refractivity contribution is 0.122. The third-order valence-corrected chi connectivity index (χ3v) is 4.03. The van der Waals surface area contributed by atoms with Gasteiger partial charge in [0.25, 0.3) is 0 Å². The van der Waals surface area contributed by atoms with Crippen LogP contribution in [0.4, 0.5) is 10.5 Å². The summed E-state index contributed by atoms with van der Waals surface area (Å²) in [5.41, 5.74) is 0.350. The van der Waals surface area contributed by atoms with Gasteiger partial charge in [-0.15, -0.1) is 0 Å². The van der Waals surface area contributed by atoms with Crippen LogP contribution in [0.3, 0.4) is 0 Å². The molecule has 110 valence electrons. The van der Waals surface area contributed by atoms with Gasteiger partial charge in [0.05, 0.1) is 24.7 Å². The van der Waals surface area contributed by atoms with Crippen LogP contribution < -0.4 is 10.6 Å². The van der Waals surface area contributed by atoms with Crippen molar-refractivity contribution in [3.05, 3.63) is 18.2 Å². The highest BCUT2D eigenvalue weighted by Gasteiger charge is 2.39. The van der Waals surface area contributed by atoms with E-state index in [1.807, 2.05) is 13.8 Å². The molecule has 20 heavy (non-hydrogen) atoms. The predicted molar refractivity (Wildman–Crippen MR) is 76.4 cm³/mol. The summed E-state index contributed by atoms with van der Waals surface area (Å²) < 4.78 is 0. The van der Waals surface area contributed by atoms with Crippen LogP contribution in [0, 0.1) is 5.41 Å². The van der Waals surface area contributed by atoms with Crippen LogP contribution in [0.2, 0.25) is 0 Å². The number of hydrogen-bond acceptors (Lipinski definition) is 4. The van der Waals surface area contributed by atoms with E-state index in [1.54, 1.807) is 12.4 Å². The SMILES string of the molecule is CCc1ncc(NC(=O)NC2CCCC2(C)CO)cn1. The molecule has 2 amide bonds. The van der Waals surface area contributed by atoms with Gasteiger partial charge in [0.2, 0.25) is 0 Å². The molecule has 1 aromatic rings. The minimum Gasteiger partial charge on any atom is -0.396 e. The number of hydrogen-bond donors (Lipinski definition) is 3. The number of amides is 2. The molecule has 0 bridgehead atoms. The topological polar surface area (TPSA) is 87.1 Å². The maximum atomic E-state index is 12.0. The lowest BCUT2D eigenvalue weighted by Gasteiger charge is -2.30. The number of aliphatic hydroxyl groups excluding tert-OH is 1. The Kier molecular flexibility index (Phi) is 4.54. The van der Waals surface area contributed by atoms with E-state index in [9.17, 15) is 9.90 Å². The second kappa shape index (κ2) is 6.17. The van der Waals surface area contributed by atoms with Gasteiger partial charge in [0.15, 0.2) is 0 Å². The van der Waals surface area contributed by atoms with Crippen molar-refractivity contribution < 1.29 is 9.90 Å². The first-order valence-corrected chi connectivity index (χ1v) is 7.06. The monoisotopic (exact) mass is 278 g/mol. The Labute approximate surface area is 119 Å². The average Bonchev–Trinajstić information content (AvgIpc) is 2.81. The van der Waals surface area contributed by atoms with Crippen molar-refractivity contribution in [1.82, 2.24) is 15.3 Å². The fourth-order valence-electron chi connectivity index (χ4n) is 2.60. The number of urea groups is 1. The highest BCUT2D eigenvalue weighted by Crippen LogP contribution is 2.37. The Morgan fingerprint density at radius 2 is 2.20 bits per heavy atom. The molecule has 1 fully saturated rings. The van der Waals surface area contributed by atoms with E-state index in [1.165, 1.54) is 0 Å². The van der Waals surface area contributed by atoms with Crippen LogP contribution in [-0.4, -0.2) is 33.8 Å². The third kappa shape index (κ3) is 3.25. The third-order valence-electron chi connectivity index (χ3n) is 4.03. The predicted octanol–water partition coefficient (Wildman–Crippen LogP) is 1.71. The lowest BCUT2D eigenvalue weighted by Crippen LogP contribution is -2.46. The van der Waals surface area contributed by atoms with E-state index >= 15 is 0 Å². The van der Waals surface area contributed by atoms with Crippen molar-refractivity contribution in [3.8, 4) is 0 Å². The summed E-state index contributed by atoms with van der Waals surface area (Å²) in [7, 11) is 0. The molecule has 6 heteroatoms. The molecule has 1 aromatic heterocycles. The number of carbonyl (C=O) groups is 1. The summed E-state index contributed by atoms with van der Waals surface area (Å²) in [5, 5.41) is 15.1. The molecule has 6 nitrogen and oxygen atoms in total. The van der Waals surface area contributed by atoms with Crippen molar-refractivity contribution in [3.63, 3.8) is 0 Å². The number of aromatic nitrogens is 2. The number of nitrogens with zero attached hydrogens (tertiary/aromatic N) is 2. The summed E-state index contributed by atoms with van der Waals surface area (Å²) >= 11 is 0. The van der Waals surface area contributed by atoms with Crippen LogP contribution in [0.15, 0.2) is 12.4 Å². The molecule has 0 radical (unpaired) electrons. The fraction of sp³-hybridized carbons (Fsp3) is 0.643. The minimum absolute atomic E-state index is 0.00309. The first-order valence-electron chi connectivity index (χ1n) is 7.06. The minimum atomic E-state index is -0.274. The van der Waals surface area contributed by atoms with E-state index in [2.05, 4.69) is 20.6 Å². The second-order valence-electron chi connectivity index (χ2n) is 5.60. The number of nitrogens with one attached hydrogen (secondary N) is 2. The molecule has 1 saturated carbocycles. The van der Waals surface area contributed by atoms with E-state index in [4.69, 9.17) is 0 Å². The Hall–Kier alpha value is -1.69. The first kappa shape index (κ1) is 14.7. The molecule has 0 spiro atoms. The van der Waals surface area contributed by atoms with Crippen LogP contribution >= 0.6 is 0 Å². The van der Waals surface area contributed by atoms with Crippen molar-refractivity contribution in [2.24, 2.45) is 5.41 Å². The van der Waals surface area contributed by atoms with Gasteiger partial charge in [-0.1, -0.05) is 20.3 Å². The second-order valence-corrected chi connectivity index (χ2v) is 5.60. The van der Waals surface area contributed by atoms with Gasteiger partial charge >= 0.3 is 6.03 Å². The molecule has 3 N–H and O–H groups in total. The standard InChI is InChI=1S/C14H22N4O2/c1-3-12-15-7-10(8-16-12)17-13(20)18-11-5-4-6-14(11,2)9-19/h7-8,11,19H,3-6,9H2,1-2H3,(H2,17,18,20). The Bertz CT molecular complexity index is 463. The molecule has 0 aliphatic heterocycles. The number of aryl methyl sites for hydroxylation is 1. The highest BCUT2D eigenvalue weighted by molar-refractivity contribution is 5.89. The Balaban J connectivity index is 1.91. The molecule has 1 heterocycles. The van der Waals surface area contributed by atoms with Crippen LogP contribution in [0.5, 0.6) is 0 Å². The van der Waals surface area contributed by atoms with Crippen molar-refractivity contribution in [2.45, 2.75) is 45.6 Å². The Morgan fingerprint density at radius 1 is 1.50 bits per heavy atom. The van der Waals surface area contributed by atoms with Crippen molar-refractivity contribution >= 4 is 11.7 Å². The van der Waals surface area contributed by atoms with Crippen molar-refractivity contribution in [2.75, 3.05) is 11.9 Å². The largest absolute Gasteiger partial charge is 0.396 e. The summed E-state index contributed by atoms with van der Waals surface area (Å²) in [4.78, 5) is 20.2. The average molecular weight is 278 g/mol. The quantitative estimate of drug-likeness (QED) is 0.782. The zero-order chi connectivity index (χ0) is 14.6. The number of aliphatic hydroxyl groups is 1. The summed E-state index contributed by atoms with van der Waals surface area (Å²) in [6.07, 6.45) is 6.83. The van der Waals surface area contributed by atoms with E-state index in [-0.39, 0.29) is 24.1 Å². The normalized spacial score (nSPS) is 25.4. The van der Waals surface area contributed by atoms with E-state index in [0.29, 0.717) is 5.69 Å². The molecule has 2 rings (SSSR count). The van der Waals surface area contributed by atoms with Crippen LogP contribution in [0.25, 0.3) is 0 Å². The summed E-state index contributed by atoms with van der Waals surface area (Å²) in [6.45, 7) is 4.07. The maximum absolute atomic E-state index is 12.0. The summed E-state index contributed by atoms with van der Waals surface area (Å²) in [6, 6.07) is -0.271. The molecular formula is C14H22N4O2. The lowest BCUT2D eigenvalue weighted by atomic mass is 9.86. The zero-order valence-electron chi connectivity index (χ0n) is 12.0. The smallest absolute Gasteiger partial charge is 0.319 e. The van der Waals surface area contributed by atoms with E-state index < -0.39 is 0 Å². The molecule has 0 saturated heterocycles. The van der Waals surface area contributed by atoms with Gasteiger partial charge in [-0.2, -0.15) is 0 Å². The van der Waals surface area contributed by atoms with Gasteiger partial charge in [-0.3, -0.25) is 0 Å². The highest BCUT2D eigenvalue weighted by atomic mass is 16.3. The number of rotatable bonds is 4. The van der Waals surface area contributed by atoms with Gasteiger partial charge in [-0.05, 0) is 12.8 Å². The van der Waals surface area contributed by atoms with Gasteiger partial charge < -0.3 is 15.7 Å². The van der Waals surface area contributed by atoms with E-state index in [0.717, 1.165) is 31.5 Å². The zero-order valence-corrected chi connectivity index (χ0v) is 12.0. The van der Waals surface area contributed by atoms with Crippen LogP contribution in [0.1, 0.15) is 38.9 Å². The van der Waals surface area contributed by atoms with Gasteiger partial charge in [0.1, 0.15) is 5.82 Å². The molecule has 2 atom stereocenters.